The number of esters is 1. The molecule has 0 atom stereocenters. The van der Waals surface area contributed by atoms with Crippen molar-refractivity contribution in [3.05, 3.63) is 47.7 Å². The summed E-state index contributed by atoms with van der Waals surface area (Å²) in [5, 5.41) is 0. The minimum Gasteiger partial charge on any atom is -0.466 e. The highest BCUT2D eigenvalue weighted by Gasteiger charge is 1.97. The molecule has 1 rings (SSSR count). The van der Waals surface area contributed by atoms with Gasteiger partial charge in [0.1, 0.15) is 0 Å². The lowest BCUT2D eigenvalue weighted by atomic mass is 10.1. The molecule has 1 aromatic rings. The molecule has 0 saturated carbocycles. The maximum Gasteiger partial charge on any atom is 0.331 e. The van der Waals surface area contributed by atoms with Gasteiger partial charge in [-0.15, -0.1) is 0 Å². The zero-order chi connectivity index (χ0) is 12.0. The summed E-state index contributed by atoms with van der Waals surface area (Å²) in [6.07, 6.45) is 3.12. The molecule has 0 radical (unpaired) electrons. The van der Waals surface area contributed by atoms with Crippen LogP contribution in [-0.2, 0) is 16.1 Å². The van der Waals surface area contributed by atoms with Crippen LogP contribution in [0.3, 0.4) is 0 Å². The van der Waals surface area contributed by atoms with Crippen molar-refractivity contribution in [1.82, 2.24) is 4.90 Å². The number of nitrogens with zero attached hydrogens (tertiary/aromatic N) is 1. The average molecular weight is 219 g/mol. The molecule has 0 amide bonds. The van der Waals surface area contributed by atoms with Crippen molar-refractivity contribution >= 4 is 5.97 Å². The molecule has 0 fully saturated rings. The van der Waals surface area contributed by atoms with E-state index in [1.165, 1.54) is 24.3 Å². The van der Waals surface area contributed by atoms with Crippen LogP contribution in [0.5, 0.6) is 0 Å². The molecule has 0 saturated heterocycles. The van der Waals surface area contributed by atoms with Crippen molar-refractivity contribution in [3.8, 4) is 0 Å². The topological polar surface area (TPSA) is 29.5 Å². The number of ether oxygens (including phenoxy) is 1. The van der Waals surface area contributed by atoms with E-state index in [0.717, 1.165) is 6.54 Å². The number of aryl methyl sites for hydroxylation is 1. The van der Waals surface area contributed by atoms with E-state index in [4.69, 9.17) is 0 Å². The summed E-state index contributed by atoms with van der Waals surface area (Å²) in [5.41, 5.74) is 2.46. The first kappa shape index (κ1) is 12.3. The van der Waals surface area contributed by atoms with Gasteiger partial charge >= 0.3 is 5.97 Å². The summed E-state index contributed by atoms with van der Waals surface area (Å²) >= 11 is 0. The fourth-order valence-electron chi connectivity index (χ4n) is 1.29. The van der Waals surface area contributed by atoms with Crippen LogP contribution in [0.25, 0.3) is 0 Å². The van der Waals surface area contributed by atoms with Crippen LogP contribution in [0, 0.1) is 6.92 Å². The number of benzene rings is 1. The van der Waals surface area contributed by atoms with Gasteiger partial charge in [-0.25, -0.2) is 4.79 Å². The zero-order valence-electron chi connectivity index (χ0n) is 9.93. The summed E-state index contributed by atoms with van der Waals surface area (Å²) in [6, 6.07) is 8.32. The van der Waals surface area contributed by atoms with Gasteiger partial charge in [0.15, 0.2) is 0 Å². The average Bonchev–Trinajstić information content (AvgIpc) is 2.29. The van der Waals surface area contributed by atoms with Crippen molar-refractivity contribution in [2.24, 2.45) is 0 Å². The molecule has 0 unspecified atom stereocenters. The molecule has 0 aliphatic carbocycles. The van der Waals surface area contributed by atoms with Crippen molar-refractivity contribution in [2.45, 2.75) is 13.5 Å². The molecule has 0 bridgehead atoms. The molecule has 0 heterocycles. The van der Waals surface area contributed by atoms with Gasteiger partial charge in [0, 0.05) is 25.9 Å². The molecule has 0 aliphatic rings. The van der Waals surface area contributed by atoms with Gasteiger partial charge in [-0.1, -0.05) is 29.8 Å². The van der Waals surface area contributed by atoms with E-state index < -0.39 is 0 Å². The van der Waals surface area contributed by atoms with Gasteiger partial charge < -0.3 is 9.64 Å². The van der Waals surface area contributed by atoms with Crippen LogP contribution in [-0.4, -0.2) is 25.0 Å². The van der Waals surface area contributed by atoms with Crippen molar-refractivity contribution in [1.29, 1.82) is 0 Å². The molecule has 0 aliphatic heterocycles. The van der Waals surface area contributed by atoms with Crippen LogP contribution in [0.1, 0.15) is 11.1 Å². The van der Waals surface area contributed by atoms with Gasteiger partial charge in [0.25, 0.3) is 0 Å². The standard InChI is InChI=1S/C13H17NO2/c1-11-4-6-12(7-5-11)10-14(2)9-8-13(15)16-3/h4-9H,10H2,1-3H3. The van der Waals surface area contributed by atoms with Gasteiger partial charge in [-0.2, -0.15) is 0 Å². The molecule has 16 heavy (non-hydrogen) atoms. The van der Waals surface area contributed by atoms with Gasteiger partial charge in [-0.05, 0) is 12.5 Å². The highest BCUT2D eigenvalue weighted by Crippen LogP contribution is 2.05. The lowest BCUT2D eigenvalue weighted by Crippen LogP contribution is -2.11. The Morgan fingerprint density at radius 2 is 2.00 bits per heavy atom. The monoisotopic (exact) mass is 219 g/mol. The Morgan fingerprint density at radius 3 is 2.56 bits per heavy atom. The molecule has 0 N–H and O–H groups in total. The normalized spacial score (nSPS) is 10.4. The summed E-state index contributed by atoms with van der Waals surface area (Å²) in [5.74, 6) is -0.337. The van der Waals surface area contributed by atoms with Gasteiger partial charge in [0.05, 0.1) is 7.11 Å². The number of carbonyl (C=O) groups is 1. The maximum absolute atomic E-state index is 10.9. The van der Waals surface area contributed by atoms with E-state index in [1.54, 1.807) is 6.20 Å². The first-order chi connectivity index (χ1) is 7.61. The summed E-state index contributed by atoms with van der Waals surface area (Å²) < 4.78 is 4.51. The second kappa shape index (κ2) is 5.95. The van der Waals surface area contributed by atoms with E-state index >= 15 is 0 Å². The summed E-state index contributed by atoms with van der Waals surface area (Å²) in [6.45, 7) is 2.83. The second-order valence-electron chi connectivity index (χ2n) is 3.74. The van der Waals surface area contributed by atoms with Gasteiger partial charge in [-0.3, -0.25) is 0 Å². The van der Waals surface area contributed by atoms with Crippen molar-refractivity contribution in [2.75, 3.05) is 14.2 Å². The first-order valence-corrected chi connectivity index (χ1v) is 5.14. The van der Waals surface area contributed by atoms with Crippen LogP contribution < -0.4 is 0 Å². The van der Waals surface area contributed by atoms with Crippen LogP contribution >= 0.6 is 0 Å². The number of methoxy groups -OCH3 is 1. The van der Waals surface area contributed by atoms with Crippen molar-refractivity contribution in [3.63, 3.8) is 0 Å². The number of hydrogen-bond donors (Lipinski definition) is 0. The quantitative estimate of drug-likeness (QED) is 0.574. The number of hydrogen-bond acceptors (Lipinski definition) is 3. The lowest BCUT2D eigenvalue weighted by Gasteiger charge is -2.13. The molecule has 3 heteroatoms. The maximum atomic E-state index is 10.9. The Hall–Kier alpha value is -1.77. The van der Waals surface area contributed by atoms with Crippen LogP contribution in [0.4, 0.5) is 0 Å². The van der Waals surface area contributed by atoms with Gasteiger partial charge in [0.2, 0.25) is 0 Å². The second-order valence-corrected chi connectivity index (χ2v) is 3.74. The SMILES string of the molecule is COC(=O)C=CN(C)Cc1ccc(C)cc1. The van der Waals surface area contributed by atoms with E-state index in [1.807, 2.05) is 11.9 Å². The van der Waals surface area contributed by atoms with Crippen LogP contribution in [0.15, 0.2) is 36.5 Å². The Labute approximate surface area is 96.3 Å². The Morgan fingerprint density at radius 1 is 1.38 bits per heavy atom. The fourth-order valence-corrected chi connectivity index (χ4v) is 1.29. The van der Waals surface area contributed by atoms with E-state index in [2.05, 4.69) is 35.9 Å². The van der Waals surface area contributed by atoms with Crippen LogP contribution in [0.2, 0.25) is 0 Å². The number of carbonyl (C=O) groups excluding carboxylic acids is 1. The van der Waals surface area contributed by atoms with Crippen molar-refractivity contribution < 1.29 is 9.53 Å². The summed E-state index contributed by atoms with van der Waals surface area (Å²) in [7, 11) is 3.28. The minimum atomic E-state index is -0.337. The highest BCUT2D eigenvalue weighted by molar-refractivity contribution is 5.81. The summed E-state index contributed by atoms with van der Waals surface area (Å²) in [4.78, 5) is 12.8. The zero-order valence-corrected chi connectivity index (χ0v) is 9.93. The Balaban J connectivity index is 2.51. The Bertz CT molecular complexity index is 368. The Kier molecular flexibility index (Phi) is 4.58. The third-order valence-electron chi connectivity index (χ3n) is 2.22. The molecular formula is C13H17NO2. The third-order valence-corrected chi connectivity index (χ3v) is 2.22. The smallest absolute Gasteiger partial charge is 0.331 e. The molecule has 86 valence electrons. The minimum absolute atomic E-state index is 0.337. The first-order valence-electron chi connectivity index (χ1n) is 5.14. The fraction of sp³-hybridized carbons (Fsp3) is 0.308. The molecule has 0 aromatic heterocycles. The molecule has 0 spiro atoms. The predicted octanol–water partition coefficient (Wildman–Crippen LogP) is 2.11. The van der Waals surface area contributed by atoms with E-state index in [-0.39, 0.29) is 5.97 Å². The molecule has 3 nitrogen and oxygen atoms in total. The third kappa shape index (κ3) is 4.17. The molecule has 1 aromatic carbocycles. The number of rotatable bonds is 4. The van der Waals surface area contributed by atoms with E-state index in [9.17, 15) is 4.79 Å². The largest absolute Gasteiger partial charge is 0.466 e. The highest BCUT2D eigenvalue weighted by atomic mass is 16.5. The lowest BCUT2D eigenvalue weighted by molar-refractivity contribution is -0.134. The molecular weight excluding hydrogens is 202 g/mol. The van der Waals surface area contributed by atoms with E-state index in [0.29, 0.717) is 0 Å². The predicted molar refractivity (Wildman–Crippen MR) is 63.8 cm³/mol.